The van der Waals surface area contributed by atoms with Gasteiger partial charge in [-0.1, -0.05) is 0 Å². The van der Waals surface area contributed by atoms with E-state index < -0.39 is 17.1 Å². The SMILES string of the molecule is NC(=O)c1ccc2c(c1)[S+]([O-])C=CO2. The van der Waals surface area contributed by atoms with E-state index in [4.69, 9.17) is 10.5 Å². The van der Waals surface area contributed by atoms with Gasteiger partial charge in [-0.2, -0.15) is 0 Å². The van der Waals surface area contributed by atoms with Crippen molar-refractivity contribution in [2.45, 2.75) is 4.90 Å². The summed E-state index contributed by atoms with van der Waals surface area (Å²) < 4.78 is 16.6. The number of carbonyl (C=O) groups excluding carboxylic acids is 1. The first-order valence-corrected chi connectivity index (χ1v) is 5.07. The van der Waals surface area contributed by atoms with Crippen molar-refractivity contribution in [3.63, 3.8) is 0 Å². The van der Waals surface area contributed by atoms with Crippen molar-refractivity contribution in [2.24, 2.45) is 5.73 Å². The Hall–Kier alpha value is -1.46. The van der Waals surface area contributed by atoms with Gasteiger partial charge in [-0.3, -0.25) is 4.79 Å². The monoisotopic (exact) mass is 209 g/mol. The number of hydrogen-bond acceptors (Lipinski definition) is 3. The maximum Gasteiger partial charge on any atom is 0.248 e. The Bertz CT molecular complexity index is 417. The Morgan fingerprint density at radius 2 is 2.29 bits per heavy atom. The summed E-state index contributed by atoms with van der Waals surface area (Å²) in [5.74, 6) is -0.0461. The predicted octanol–water partition coefficient (Wildman–Crippen LogP) is 0.757. The minimum Gasteiger partial charge on any atom is -0.607 e. The molecule has 2 N–H and O–H groups in total. The third kappa shape index (κ3) is 1.47. The van der Waals surface area contributed by atoms with Crippen molar-refractivity contribution in [1.82, 2.24) is 0 Å². The van der Waals surface area contributed by atoms with E-state index in [1.54, 1.807) is 6.07 Å². The minimum absolute atomic E-state index is 0.330. The fraction of sp³-hybridized carbons (Fsp3) is 0. The summed E-state index contributed by atoms with van der Waals surface area (Å²) in [6, 6.07) is 4.60. The van der Waals surface area contributed by atoms with Crippen LogP contribution in [0.1, 0.15) is 10.4 Å². The standard InChI is InChI=1S/C9H7NO3S/c10-9(11)6-1-2-7-8(5-6)14(12)4-3-13-7/h1-5H,(H2,10,11). The van der Waals surface area contributed by atoms with Gasteiger partial charge < -0.3 is 15.0 Å². The molecule has 1 unspecified atom stereocenters. The first-order chi connectivity index (χ1) is 6.68. The molecule has 0 radical (unpaired) electrons. The molecular weight excluding hydrogens is 202 g/mol. The van der Waals surface area contributed by atoms with E-state index in [9.17, 15) is 9.35 Å². The molecule has 0 saturated heterocycles. The molecule has 1 aliphatic rings. The van der Waals surface area contributed by atoms with Gasteiger partial charge in [0.25, 0.3) is 0 Å². The van der Waals surface area contributed by atoms with E-state index in [2.05, 4.69) is 0 Å². The molecule has 2 rings (SSSR count). The lowest BCUT2D eigenvalue weighted by molar-refractivity contribution is 0.1000. The van der Waals surface area contributed by atoms with Crippen LogP contribution in [0.2, 0.25) is 0 Å². The third-order valence-electron chi connectivity index (χ3n) is 1.82. The highest BCUT2D eigenvalue weighted by atomic mass is 32.2. The molecule has 0 bridgehead atoms. The number of fused-ring (bicyclic) bond motifs is 1. The number of primary amides is 1. The van der Waals surface area contributed by atoms with Crippen LogP contribution >= 0.6 is 0 Å². The maximum absolute atomic E-state index is 11.5. The molecule has 1 aromatic carbocycles. The van der Waals surface area contributed by atoms with Crippen molar-refractivity contribution in [3.05, 3.63) is 35.4 Å². The molecule has 0 saturated carbocycles. The van der Waals surface area contributed by atoms with Crippen molar-refractivity contribution in [1.29, 1.82) is 0 Å². The van der Waals surface area contributed by atoms with E-state index in [0.717, 1.165) is 0 Å². The number of nitrogens with two attached hydrogens (primary N) is 1. The quantitative estimate of drug-likeness (QED) is 0.693. The van der Waals surface area contributed by atoms with Gasteiger partial charge in [0, 0.05) is 22.8 Å². The Balaban J connectivity index is 2.49. The molecule has 1 aliphatic heterocycles. The second kappa shape index (κ2) is 3.36. The number of ether oxygens (including phenoxy) is 1. The van der Waals surface area contributed by atoms with Crippen LogP contribution in [0.5, 0.6) is 5.75 Å². The molecular formula is C9H7NO3S. The molecule has 14 heavy (non-hydrogen) atoms. The molecule has 72 valence electrons. The smallest absolute Gasteiger partial charge is 0.248 e. The number of amides is 1. The summed E-state index contributed by atoms with van der Waals surface area (Å²) in [6.07, 6.45) is 1.36. The average Bonchev–Trinajstić information content (AvgIpc) is 2.18. The summed E-state index contributed by atoms with van der Waals surface area (Å²) in [6.45, 7) is 0. The topological polar surface area (TPSA) is 75.4 Å². The van der Waals surface area contributed by atoms with Crippen LogP contribution in [0.3, 0.4) is 0 Å². The molecule has 0 fully saturated rings. The Kier molecular flexibility index (Phi) is 2.18. The van der Waals surface area contributed by atoms with Gasteiger partial charge in [-0.25, -0.2) is 0 Å². The second-order valence-electron chi connectivity index (χ2n) is 2.71. The fourth-order valence-corrected chi connectivity index (χ4v) is 2.00. The van der Waals surface area contributed by atoms with E-state index in [0.29, 0.717) is 16.2 Å². The van der Waals surface area contributed by atoms with Crippen molar-refractivity contribution in [2.75, 3.05) is 0 Å². The largest absolute Gasteiger partial charge is 0.607 e. The lowest BCUT2D eigenvalue weighted by Crippen LogP contribution is -2.13. The van der Waals surface area contributed by atoms with Crippen molar-refractivity contribution < 1.29 is 14.1 Å². The van der Waals surface area contributed by atoms with Gasteiger partial charge in [0.15, 0.2) is 11.2 Å². The van der Waals surface area contributed by atoms with Gasteiger partial charge >= 0.3 is 0 Å². The number of rotatable bonds is 1. The van der Waals surface area contributed by atoms with Crippen LogP contribution < -0.4 is 10.5 Å². The van der Waals surface area contributed by atoms with Crippen LogP contribution in [0, 0.1) is 0 Å². The van der Waals surface area contributed by atoms with Crippen LogP contribution in [0.15, 0.2) is 34.8 Å². The van der Waals surface area contributed by atoms with E-state index in [-0.39, 0.29) is 0 Å². The summed E-state index contributed by atoms with van der Waals surface area (Å²) in [5.41, 5.74) is 5.43. The Morgan fingerprint density at radius 1 is 1.50 bits per heavy atom. The zero-order valence-corrected chi connectivity index (χ0v) is 7.91. The first-order valence-electron chi connectivity index (χ1n) is 3.86. The van der Waals surface area contributed by atoms with Gasteiger partial charge in [-0.05, 0) is 12.1 Å². The lowest BCUT2D eigenvalue weighted by atomic mass is 10.2. The highest BCUT2D eigenvalue weighted by Crippen LogP contribution is 2.29. The zero-order valence-electron chi connectivity index (χ0n) is 7.10. The molecule has 4 nitrogen and oxygen atoms in total. The number of carbonyl (C=O) groups is 1. The van der Waals surface area contributed by atoms with Gasteiger partial charge in [0.05, 0.1) is 0 Å². The van der Waals surface area contributed by atoms with Gasteiger partial charge in [0.2, 0.25) is 10.8 Å². The Morgan fingerprint density at radius 3 is 3.00 bits per heavy atom. The Labute approximate surface area is 83.5 Å². The summed E-state index contributed by atoms with van der Waals surface area (Å²) in [7, 11) is 0. The van der Waals surface area contributed by atoms with Crippen LogP contribution in [-0.4, -0.2) is 10.5 Å². The third-order valence-corrected chi connectivity index (χ3v) is 2.93. The average molecular weight is 209 g/mol. The van der Waals surface area contributed by atoms with E-state index in [1.165, 1.54) is 23.8 Å². The highest BCUT2D eigenvalue weighted by molar-refractivity contribution is 7.94. The normalized spacial score (nSPS) is 18.5. The second-order valence-corrected chi connectivity index (χ2v) is 4.02. The highest BCUT2D eigenvalue weighted by Gasteiger charge is 2.20. The van der Waals surface area contributed by atoms with Crippen LogP contribution in [-0.2, 0) is 11.2 Å². The van der Waals surface area contributed by atoms with E-state index >= 15 is 0 Å². The van der Waals surface area contributed by atoms with Crippen LogP contribution in [0.4, 0.5) is 0 Å². The van der Waals surface area contributed by atoms with Crippen molar-refractivity contribution in [3.8, 4) is 5.75 Å². The molecule has 0 aliphatic carbocycles. The first kappa shape index (κ1) is 9.11. The maximum atomic E-state index is 11.5. The summed E-state index contributed by atoms with van der Waals surface area (Å²) in [4.78, 5) is 11.3. The molecule has 1 atom stereocenters. The molecule has 1 heterocycles. The van der Waals surface area contributed by atoms with Crippen molar-refractivity contribution >= 4 is 17.1 Å². The van der Waals surface area contributed by atoms with Gasteiger partial charge in [-0.15, -0.1) is 0 Å². The lowest BCUT2D eigenvalue weighted by Gasteiger charge is -2.14. The van der Waals surface area contributed by atoms with E-state index in [1.807, 2.05) is 0 Å². The van der Waals surface area contributed by atoms with Gasteiger partial charge in [0.1, 0.15) is 6.26 Å². The predicted molar refractivity (Wildman–Crippen MR) is 51.1 cm³/mol. The molecule has 1 amide bonds. The molecule has 1 aromatic rings. The minimum atomic E-state index is -1.26. The fourth-order valence-electron chi connectivity index (χ4n) is 1.14. The molecule has 0 aromatic heterocycles. The van der Waals surface area contributed by atoms with Crippen LogP contribution in [0.25, 0.3) is 0 Å². The number of hydrogen-bond donors (Lipinski definition) is 1. The molecule has 5 heteroatoms. The summed E-state index contributed by atoms with van der Waals surface area (Å²) in [5, 5.41) is 1.41. The zero-order chi connectivity index (χ0) is 10.1. The molecule has 0 spiro atoms. The number of benzene rings is 1. The summed E-state index contributed by atoms with van der Waals surface area (Å²) >= 11 is -1.26.